The number of sulfone groups is 1. The van der Waals surface area contributed by atoms with Crippen molar-refractivity contribution < 1.29 is 35.9 Å². The number of alkyl halides is 3. The number of nitrogens with zero attached hydrogens (tertiary/aromatic N) is 2. The van der Waals surface area contributed by atoms with Crippen LogP contribution in [0.25, 0.3) is 11.3 Å². The third kappa shape index (κ3) is 5.35. The van der Waals surface area contributed by atoms with Gasteiger partial charge in [0.05, 0.1) is 12.1 Å². The van der Waals surface area contributed by atoms with Gasteiger partial charge in [-0.25, -0.2) is 8.42 Å². The molecule has 1 spiro atoms. The summed E-state index contributed by atoms with van der Waals surface area (Å²) < 4.78 is 67.6. The molecule has 1 aliphatic heterocycles. The molecule has 2 amide bonds. The van der Waals surface area contributed by atoms with Gasteiger partial charge in [-0.05, 0) is 48.6 Å². The number of rotatable bonds is 6. The molecule has 0 bridgehead atoms. The van der Waals surface area contributed by atoms with E-state index >= 15 is 0 Å². The standard InChI is InChI=1S/C26H25F3N4O5S/c1-15-5-3-4-6-18(15)21-22(30-20(34)12-39(2,36)37)23-24(35)31-25(13-33(23)32-21)10-9-16-11-17(7-8-19(16)25)38-14-26(27,28)29/h3-8,11H,9-10,12-14H2,1-2H3,(H,30,34)(H,31,35)/t25-/m1/s1. The van der Waals surface area contributed by atoms with Crippen molar-refractivity contribution >= 4 is 27.3 Å². The second-order valence-electron chi connectivity index (χ2n) is 9.92. The molecule has 0 radical (unpaired) electrons. The smallest absolute Gasteiger partial charge is 0.422 e. The largest absolute Gasteiger partial charge is 0.484 e. The quantitative estimate of drug-likeness (QED) is 0.476. The zero-order valence-corrected chi connectivity index (χ0v) is 21.9. The molecule has 39 heavy (non-hydrogen) atoms. The summed E-state index contributed by atoms with van der Waals surface area (Å²) in [6.45, 7) is 0.646. The number of aryl methyl sites for hydroxylation is 2. The summed E-state index contributed by atoms with van der Waals surface area (Å²) in [5.41, 5.74) is 2.65. The Bertz CT molecular complexity index is 1600. The molecule has 2 aromatic carbocycles. The van der Waals surface area contributed by atoms with Crippen LogP contribution < -0.4 is 15.4 Å². The lowest BCUT2D eigenvalue weighted by Crippen LogP contribution is -2.52. The molecule has 0 fully saturated rings. The molecular formula is C26H25F3N4O5S. The topological polar surface area (TPSA) is 119 Å². The monoisotopic (exact) mass is 562 g/mol. The average Bonchev–Trinajstić information content (AvgIpc) is 3.34. The summed E-state index contributed by atoms with van der Waals surface area (Å²) in [7, 11) is -3.63. The number of aromatic nitrogens is 2. The van der Waals surface area contributed by atoms with Crippen LogP contribution in [0.1, 0.15) is 33.6 Å². The van der Waals surface area contributed by atoms with Gasteiger partial charge in [-0.1, -0.05) is 30.3 Å². The number of hydrogen-bond acceptors (Lipinski definition) is 6. The van der Waals surface area contributed by atoms with Crippen molar-refractivity contribution in [2.45, 2.75) is 38.0 Å². The molecule has 2 aliphatic rings. The Morgan fingerprint density at radius 1 is 1.23 bits per heavy atom. The summed E-state index contributed by atoms with van der Waals surface area (Å²) >= 11 is 0. The van der Waals surface area contributed by atoms with Gasteiger partial charge in [0.25, 0.3) is 5.91 Å². The third-order valence-corrected chi connectivity index (χ3v) is 7.60. The molecular weight excluding hydrogens is 537 g/mol. The molecule has 1 aromatic heterocycles. The minimum atomic E-state index is -4.46. The average molecular weight is 563 g/mol. The van der Waals surface area contributed by atoms with Gasteiger partial charge in [-0.15, -0.1) is 0 Å². The number of carbonyl (C=O) groups excluding carboxylic acids is 2. The lowest BCUT2D eigenvalue weighted by molar-refractivity contribution is -0.153. The Morgan fingerprint density at radius 3 is 2.67 bits per heavy atom. The number of halogens is 3. The van der Waals surface area contributed by atoms with E-state index in [-0.39, 0.29) is 23.7 Å². The molecule has 13 heteroatoms. The number of carbonyl (C=O) groups is 2. The predicted octanol–water partition coefficient (Wildman–Crippen LogP) is 3.37. The summed E-state index contributed by atoms with van der Waals surface area (Å²) in [6.07, 6.45) is -2.54. The van der Waals surface area contributed by atoms with E-state index in [1.54, 1.807) is 24.3 Å². The Morgan fingerprint density at radius 2 is 1.97 bits per heavy atom. The van der Waals surface area contributed by atoms with Crippen LogP contribution >= 0.6 is 0 Å². The summed E-state index contributed by atoms with van der Waals surface area (Å²) in [4.78, 5) is 26.2. The van der Waals surface area contributed by atoms with E-state index in [4.69, 9.17) is 4.74 Å². The van der Waals surface area contributed by atoms with Gasteiger partial charge in [-0.2, -0.15) is 18.3 Å². The normalized spacial score (nSPS) is 18.4. The summed E-state index contributed by atoms with van der Waals surface area (Å²) in [6, 6.07) is 11.9. The predicted molar refractivity (Wildman–Crippen MR) is 136 cm³/mol. The SMILES string of the molecule is Cc1ccccc1-c1nn2c(c1NC(=O)CS(C)(=O)=O)C(=O)N[C@]1(CCc3cc(OCC(F)(F)F)ccc31)C2. The second kappa shape index (κ2) is 9.40. The zero-order valence-electron chi connectivity index (χ0n) is 21.1. The van der Waals surface area contributed by atoms with E-state index in [1.165, 1.54) is 10.7 Å². The first kappa shape index (κ1) is 26.7. The fourth-order valence-corrected chi connectivity index (χ4v) is 5.76. The molecule has 2 heterocycles. The molecule has 0 unspecified atom stereocenters. The molecule has 0 saturated carbocycles. The van der Waals surface area contributed by atoms with Crippen molar-refractivity contribution in [3.05, 3.63) is 64.8 Å². The van der Waals surface area contributed by atoms with Crippen molar-refractivity contribution in [2.75, 3.05) is 23.9 Å². The fraction of sp³-hybridized carbons (Fsp3) is 0.346. The van der Waals surface area contributed by atoms with Gasteiger partial charge >= 0.3 is 6.18 Å². The highest BCUT2D eigenvalue weighted by molar-refractivity contribution is 7.91. The highest BCUT2D eigenvalue weighted by Gasteiger charge is 2.46. The lowest BCUT2D eigenvalue weighted by atomic mass is 9.89. The summed E-state index contributed by atoms with van der Waals surface area (Å²) in [5.74, 6) is -1.99. The van der Waals surface area contributed by atoms with Gasteiger partial charge in [0.15, 0.2) is 22.1 Å². The second-order valence-corrected chi connectivity index (χ2v) is 12.1. The van der Waals surface area contributed by atoms with E-state index in [0.717, 1.165) is 22.9 Å². The number of nitrogens with one attached hydrogen (secondary N) is 2. The number of hydrogen-bond donors (Lipinski definition) is 2. The van der Waals surface area contributed by atoms with E-state index in [2.05, 4.69) is 15.7 Å². The van der Waals surface area contributed by atoms with Crippen molar-refractivity contribution in [1.29, 1.82) is 0 Å². The highest BCUT2D eigenvalue weighted by atomic mass is 32.2. The number of fused-ring (bicyclic) bond motifs is 3. The molecule has 206 valence electrons. The molecule has 1 aliphatic carbocycles. The minimum absolute atomic E-state index is 0.0827. The van der Waals surface area contributed by atoms with Gasteiger partial charge in [0, 0.05) is 11.8 Å². The Labute approximate surface area is 222 Å². The Kier molecular flexibility index (Phi) is 6.44. The van der Waals surface area contributed by atoms with Crippen LogP contribution in [0, 0.1) is 6.92 Å². The zero-order chi connectivity index (χ0) is 28.2. The van der Waals surface area contributed by atoms with Crippen LogP contribution in [0.2, 0.25) is 0 Å². The van der Waals surface area contributed by atoms with Crippen LogP contribution in [0.3, 0.4) is 0 Å². The first-order chi connectivity index (χ1) is 18.2. The van der Waals surface area contributed by atoms with Gasteiger partial charge in [0.2, 0.25) is 5.91 Å². The Balaban J connectivity index is 1.53. The van der Waals surface area contributed by atoms with Crippen molar-refractivity contribution in [3.63, 3.8) is 0 Å². The van der Waals surface area contributed by atoms with E-state index in [9.17, 15) is 31.2 Å². The highest BCUT2D eigenvalue weighted by Crippen LogP contribution is 2.44. The number of anilines is 1. The number of amides is 2. The fourth-order valence-electron chi connectivity index (χ4n) is 5.21. The third-order valence-electron chi connectivity index (χ3n) is 6.81. The van der Waals surface area contributed by atoms with E-state index in [0.29, 0.717) is 24.1 Å². The molecule has 3 aromatic rings. The van der Waals surface area contributed by atoms with E-state index < -0.39 is 45.7 Å². The lowest BCUT2D eigenvalue weighted by Gasteiger charge is -2.36. The van der Waals surface area contributed by atoms with Gasteiger partial charge in [-0.3, -0.25) is 14.3 Å². The molecule has 2 N–H and O–H groups in total. The maximum absolute atomic E-state index is 13.6. The molecule has 9 nitrogen and oxygen atoms in total. The van der Waals surface area contributed by atoms with Crippen LogP contribution in [0.15, 0.2) is 42.5 Å². The van der Waals surface area contributed by atoms with Crippen molar-refractivity contribution in [3.8, 4) is 17.0 Å². The maximum Gasteiger partial charge on any atom is 0.422 e. The first-order valence-electron chi connectivity index (χ1n) is 12.0. The molecule has 1 atom stereocenters. The van der Waals surface area contributed by atoms with Crippen LogP contribution in [0.5, 0.6) is 5.75 Å². The van der Waals surface area contributed by atoms with E-state index in [1.807, 2.05) is 19.1 Å². The van der Waals surface area contributed by atoms with Crippen LogP contribution in [-0.4, -0.2) is 54.8 Å². The van der Waals surface area contributed by atoms with Crippen LogP contribution in [0.4, 0.5) is 18.9 Å². The van der Waals surface area contributed by atoms with Crippen LogP contribution in [-0.2, 0) is 33.1 Å². The maximum atomic E-state index is 13.6. The number of benzene rings is 2. The Hall–Kier alpha value is -3.87. The van der Waals surface area contributed by atoms with Crippen molar-refractivity contribution in [1.82, 2.24) is 15.1 Å². The molecule has 5 rings (SSSR count). The molecule has 0 saturated heterocycles. The first-order valence-corrected chi connectivity index (χ1v) is 14.1. The van der Waals surface area contributed by atoms with Gasteiger partial charge < -0.3 is 15.4 Å². The number of ether oxygens (including phenoxy) is 1. The summed E-state index contributed by atoms with van der Waals surface area (Å²) in [5, 5.41) is 10.3. The van der Waals surface area contributed by atoms with Crippen molar-refractivity contribution in [2.24, 2.45) is 0 Å². The van der Waals surface area contributed by atoms with Gasteiger partial charge in [0.1, 0.15) is 22.9 Å². The minimum Gasteiger partial charge on any atom is -0.484 e.